The minimum atomic E-state index is 0.0421. The lowest BCUT2D eigenvalue weighted by Crippen LogP contribution is -2.03. The second kappa shape index (κ2) is 26.4. The van der Waals surface area contributed by atoms with Crippen LogP contribution in [-0.4, -0.2) is 12.0 Å². The highest BCUT2D eigenvalue weighted by atomic mass is 32.1. The minimum absolute atomic E-state index is 0.0421. The molecule has 27 heavy (non-hydrogen) atoms. The molecule has 0 aliphatic rings. The summed E-state index contributed by atoms with van der Waals surface area (Å²) in [6, 6.07) is 15.1. The third-order valence-electron chi connectivity index (χ3n) is 2.74. The number of rotatable bonds is 3. The molecule has 0 saturated heterocycles. The summed E-state index contributed by atoms with van der Waals surface area (Å²) in [5.41, 5.74) is 3.44. The molecule has 0 heterocycles. The lowest BCUT2D eigenvalue weighted by Gasteiger charge is -2.05. The van der Waals surface area contributed by atoms with Gasteiger partial charge in [-0.05, 0) is 18.7 Å². The van der Waals surface area contributed by atoms with Crippen molar-refractivity contribution in [2.45, 2.75) is 62.3 Å². The van der Waals surface area contributed by atoms with E-state index in [0.717, 1.165) is 11.1 Å². The Kier molecular flexibility index (Phi) is 32.1. The average molecular weight is 391 g/mol. The summed E-state index contributed by atoms with van der Waals surface area (Å²) in [6.07, 6.45) is 3.40. The molecule has 0 saturated carbocycles. The first-order valence-electron chi connectivity index (χ1n) is 10.00. The molecule has 2 rings (SSSR count). The Balaban J connectivity index is -0.000000230. The van der Waals surface area contributed by atoms with E-state index in [4.69, 9.17) is 0 Å². The summed E-state index contributed by atoms with van der Waals surface area (Å²) in [5, 5.41) is 0. The van der Waals surface area contributed by atoms with Crippen LogP contribution < -0.4 is 0 Å². The van der Waals surface area contributed by atoms with Crippen molar-refractivity contribution in [2.75, 3.05) is 6.26 Å². The fraction of sp³-hybridized carbons (Fsp3) is 0.400. The van der Waals surface area contributed by atoms with Crippen LogP contribution in [-0.2, 0) is 0 Å². The van der Waals surface area contributed by atoms with E-state index in [2.05, 4.69) is 19.2 Å². The molecule has 0 N–H and O–H groups in total. The fourth-order valence-corrected chi connectivity index (χ4v) is 1.74. The maximum absolute atomic E-state index is 12.3. The van der Waals surface area contributed by atoms with Gasteiger partial charge in [-0.2, -0.15) is 12.6 Å². The molecule has 2 heteroatoms. The van der Waals surface area contributed by atoms with Gasteiger partial charge in [-0.1, -0.05) is 122 Å². The number of aryl methyl sites for hydroxylation is 1. The van der Waals surface area contributed by atoms with Gasteiger partial charge in [0.15, 0.2) is 5.78 Å². The van der Waals surface area contributed by atoms with Crippen molar-refractivity contribution >= 4 is 24.5 Å². The predicted molar refractivity (Wildman–Crippen MR) is 131 cm³/mol. The summed E-state index contributed by atoms with van der Waals surface area (Å²) < 4.78 is 0. The van der Waals surface area contributed by atoms with Gasteiger partial charge in [0.05, 0.1) is 0 Å². The van der Waals surface area contributed by atoms with Gasteiger partial charge in [-0.3, -0.25) is 4.79 Å². The van der Waals surface area contributed by atoms with E-state index in [-0.39, 0.29) is 5.78 Å². The molecule has 1 nitrogen and oxygen atoms in total. The molecule has 2 aromatic carbocycles. The lowest BCUT2D eigenvalue weighted by atomic mass is 9.98. The third-order valence-corrected chi connectivity index (χ3v) is 2.74. The first kappa shape index (κ1) is 32.8. The Morgan fingerprint density at radius 1 is 0.778 bits per heavy atom. The zero-order chi connectivity index (χ0) is 22.3. The quantitative estimate of drug-likeness (QED) is 0.410. The fourth-order valence-electron chi connectivity index (χ4n) is 1.74. The Morgan fingerprint density at radius 2 is 1.19 bits per heavy atom. The Bertz CT molecular complexity index is 557. The van der Waals surface area contributed by atoms with Gasteiger partial charge >= 0.3 is 0 Å². The van der Waals surface area contributed by atoms with E-state index >= 15 is 0 Å². The van der Waals surface area contributed by atoms with Gasteiger partial charge in [-0.25, -0.2) is 0 Å². The Hall–Kier alpha value is -1.80. The van der Waals surface area contributed by atoms with Crippen molar-refractivity contribution in [2.24, 2.45) is 0 Å². The van der Waals surface area contributed by atoms with Crippen LogP contribution >= 0.6 is 12.6 Å². The molecule has 0 amide bonds. The number of carbonyl (C=O) groups excluding carboxylic acids is 1. The largest absolute Gasteiger partial charge is 0.289 e. The van der Waals surface area contributed by atoms with Crippen LogP contribution in [0.15, 0.2) is 55.1 Å². The SMILES string of the molecule is C=Cc1ccccc1C(=O)c1ccc(C)cc1.CC.CC.CC.CC.CS. The number of ketones is 1. The van der Waals surface area contributed by atoms with Crippen molar-refractivity contribution < 1.29 is 4.79 Å². The maximum Gasteiger partial charge on any atom is 0.193 e. The van der Waals surface area contributed by atoms with E-state index in [1.807, 2.05) is 111 Å². The second-order valence-corrected chi connectivity index (χ2v) is 3.99. The smallest absolute Gasteiger partial charge is 0.193 e. The molecule has 0 atom stereocenters. The number of carbonyl (C=O) groups is 1. The normalized spacial score (nSPS) is 7.37. The summed E-state index contributed by atoms with van der Waals surface area (Å²) in [7, 11) is 0. The van der Waals surface area contributed by atoms with Crippen LogP contribution in [0.4, 0.5) is 0 Å². The van der Waals surface area contributed by atoms with Crippen molar-refractivity contribution in [3.05, 3.63) is 77.4 Å². The van der Waals surface area contributed by atoms with Gasteiger partial charge in [0.25, 0.3) is 0 Å². The highest BCUT2D eigenvalue weighted by Crippen LogP contribution is 2.16. The van der Waals surface area contributed by atoms with Crippen LogP contribution in [0, 0.1) is 6.92 Å². The molecular formula is C25H42OS. The molecule has 0 bridgehead atoms. The molecular weight excluding hydrogens is 348 g/mol. The van der Waals surface area contributed by atoms with Crippen LogP contribution in [0.2, 0.25) is 0 Å². The van der Waals surface area contributed by atoms with Crippen molar-refractivity contribution in [3.8, 4) is 0 Å². The summed E-state index contributed by atoms with van der Waals surface area (Å²) in [4.78, 5) is 12.3. The van der Waals surface area contributed by atoms with Crippen molar-refractivity contribution in [1.29, 1.82) is 0 Å². The lowest BCUT2D eigenvalue weighted by molar-refractivity contribution is 0.103. The third kappa shape index (κ3) is 14.0. The molecule has 2 aromatic rings. The molecule has 154 valence electrons. The number of hydrogen-bond acceptors (Lipinski definition) is 2. The average Bonchev–Trinajstić information content (AvgIpc) is 2.80. The summed E-state index contributed by atoms with van der Waals surface area (Å²) >= 11 is 3.53. The van der Waals surface area contributed by atoms with Crippen LogP contribution in [0.1, 0.15) is 82.4 Å². The predicted octanol–water partition coefficient (Wildman–Crippen LogP) is 8.52. The molecule has 0 radical (unpaired) electrons. The van der Waals surface area contributed by atoms with Crippen molar-refractivity contribution in [3.63, 3.8) is 0 Å². The number of thiol groups is 1. The standard InChI is InChI=1S/C16H14O.4C2H6.CH4S/c1-3-13-6-4-5-7-15(13)16(17)14-10-8-12(2)9-11-14;5*1-2/h3-11H,1H2,2H3;4*1-2H3;2H,1H3. The summed E-state index contributed by atoms with van der Waals surface area (Å²) in [6.45, 7) is 21.7. The molecule has 0 spiro atoms. The van der Waals surface area contributed by atoms with E-state index in [1.165, 1.54) is 0 Å². The van der Waals surface area contributed by atoms with Gasteiger partial charge in [0, 0.05) is 11.1 Å². The molecule has 0 aromatic heterocycles. The van der Waals surface area contributed by atoms with E-state index < -0.39 is 0 Å². The van der Waals surface area contributed by atoms with Crippen LogP contribution in [0.25, 0.3) is 6.08 Å². The zero-order valence-electron chi connectivity index (χ0n) is 19.3. The van der Waals surface area contributed by atoms with Crippen LogP contribution in [0.5, 0.6) is 0 Å². The van der Waals surface area contributed by atoms with E-state index in [9.17, 15) is 4.79 Å². The summed E-state index contributed by atoms with van der Waals surface area (Å²) in [5.74, 6) is 0.0421. The van der Waals surface area contributed by atoms with Gasteiger partial charge in [0.1, 0.15) is 0 Å². The van der Waals surface area contributed by atoms with Crippen molar-refractivity contribution in [1.82, 2.24) is 0 Å². The Labute approximate surface area is 175 Å². The van der Waals surface area contributed by atoms with Crippen LogP contribution in [0.3, 0.4) is 0 Å². The van der Waals surface area contributed by atoms with Gasteiger partial charge < -0.3 is 0 Å². The van der Waals surface area contributed by atoms with Gasteiger partial charge in [-0.15, -0.1) is 0 Å². The molecule has 0 fully saturated rings. The second-order valence-electron chi connectivity index (χ2n) is 3.99. The minimum Gasteiger partial charge on any atom is -0.289 e. The van der Waals surface area contributed by atoms with E-state index in [1.54, 1.807) is 12.3 Å². The first-order chi connectivity index (χ1) is 13.2. The highest BCUT2D eigenvalue weighted by molar-refractivity contribution is 7.79. The molecule has 0 aliphatic carbocycles. The number of benzene rings is 2. The Morgan fingerprint density at radius 3 is 1.59 bits per heavy atom. The zero-order valence-corrected chi connectivity index (χ0v) is 20.2. The maximum atomic E-state index is 12.3. The highest BCUT2D eigenvalue weighted by Gasteiger charge is 2.10. The molecule has 0 aliphatic heterocycles. The van der Waals surface area contributed by atoms with E-state index in [0.29, 0.717) is 11.1 Å². The monoisotopic (exact) mass is 390 g/mol. The topological polar surface area (TPSA) is 17.1 Å². The molecule has 0 unspecified atom stereocenters. The first-order valence-corrected chi connectivity index (χ1v) is 10.9. The van der Waals surface area contributed by atoms with Gasteiger partial charge in [0.2, 0.25) is 0 Å². The number of hydrogen-bond donors (Lipinski definition) is 1.